The Labute approximate surface area is 194 Å². The molecule has 0 aliphatic carbocycles. The largest absolute Gasteiger partial charge is 0.467 e. The minimum absolute atomic E-state index is 0.0375. The number of anilines is 3. The molecule has 1 aliphatic rings. The molecule has 0 saturated carbocycles. The molecule has 2 aromatic heterocycles. The number of fused-ring (bicyclic) bond motifs is 1. The average molecular weight is 453 g/mol. The van der Waals surface area contributed by atoms with Crippen LogP contribution in [0.2, 0.25) is 0 Å². The lowest BCUT2D eigenvalue weighted by Gasteiger charge is -2.11. The van der Waals surface area contributed by atoms with Gasteiger partial charge in [0.25, 0.3) is 17.7 Å². The summed E-state index contributed by atoms with van der Waals surface area (Å²) in [5.74, 6) is -0.0885. The van der Waals surface area contributed by atoms with Crippen LogP contribution < -0.4 is 10.6 Å². The molecule has 0 radical (unpaired) electrons. The Kier molecular flexibility index (Phi) is 5.35. The van der Waals surface area contributed by atoms with E-state index in [-0.39, 0.29) is 29.1 Å². The van der Waals surface area contributed by atoms with Crippen molar-refractivity contribution in [3.8, 4) is 0 Å². The molecule has 0 atom stereocenters. The molecule has 0 bridgehead atoms. The van der Waals surface area contributed by atoms with E-state index in [0.717, 1.165) is 16.3 Å². The molecule has 9 nitrogen and oxygen atoms in total. The predicted octanol–water partition coefficient (Wildman–Crippen LogP) is 4.17. The second-order valence-corrected chi connectivity index (χ2v) is 7.74. The zero-order valence-corrected chi connectivity index (χ0v) is 18.1. The standard InChI is InChI=1S/C25H19N5O4/c1-15-11-22(27-14-26-15)28-17-5-7-18(8-6-17)29-23(31)16-4-9-20-21(12-16)25(33)30(24(20)32)13-19-3-2-10-34-19/h2-12,14H,13H2,1H3,(H,29,31)(H,26,27,28). The van der Waals surface area contributed by atoms with Crippen molar-refractivity contribution in [2.24, 2.45) is 0 Å². The van der Waals surface area contributed by atoms with E-state index < -0.39 is 11.8 Å². The summed E-state index contributed by atoms with van der Waals surface area (Å²) in [5, 5.41) is 5.98. The number of aryl methyl sites for hydroxylation is 1. The first-order chi connectivity index (χ1) is 16.5. The highest BCUT2D eigenvalue weighted by Crippen LogP contribution is 2.26. The van der Waals surface area contributed by atoms with E-state index in [0.29, 0.717) is 17.3 Å². The number of aromatic nitrogens is 2. The van der Waals surface area contributed by atoms with Gasteiger partial charge in [-0.25, -0.2) is 9.97 Å². The molecular weight excluding hydrogens is 434 g/mol. The Balaban J connectivity index is 1.28. The van der Waals surface area contributed by atoms with E-state index in [2.05, 4.69) is 20.6 Å². The van der Waals surface area contributed by atoms with E-state index in [1.807, 2.05) is 25.1 Å². The molecule has 0 fully saturated rings. The highest BCUT2D eigenvalue weighted by Gasteiger charge is 2.36. The Hall–Kier alpha value is -4.79. The molecular formula is C25H19N5O4. The number of imide groups is 1. The van der Waals surface area contributed by atoms with Crippen LogP contribution in [0.3, 0.4) is 0 Å². The van der Waals surface area contributed by atoms with E-state index in [4.69, 9.17) is 4.42 Å². The van der Waals surface area contributed by atoms with E-state index in [1.165, 1.54) is 30.8 Å². The van der Waals surface area contributed by atoms with Crippen molar-refractivity contribution in [3.05, 3.63) is 101 Å². The van der Waals surface area contributed by atoms with Crippen LogP contribution in [-0.2, 0) is 6.54 Å². The van der Waals surface area contributed by atoms with Crippen LogP contribution in [-0.4, -0.2) is 32.6 Å². The molecule has 2 N–H and O–H groups in total. The molecule has 0 saturated heterocycles. The predicted molar refractivity (Wildman–Crippen MR) is 124 cm³/mol. The first-order valence-electron chi connectivity index (χ1n) is 10.5. The van der Waals surface area contributed by atoms with Crippen LogP contribution in [0.5, 0.6) is 0 Å². The Morgan fingerprint density at radius 2 is 1.71 bits per heavy atom. The minimum atomic E-state index is -0.457. The van der Waals surface area contributed by atoms with Crippen LogP contribution in [0.15, 0.2) is 77.7 Å². The van der Waals surface area contributed by atoms with Gasteiger partial charge < -0.3 is 15.1 Å². The van der Waals surface area contributed by atoms with Gasteiger partial charge in [-0.05, 0) is 61.5 Å². The Bertz CT molecular complexity index is 1400. The first kappa shape index (κ1) is 21.1. The van der Waals surface area contributed by atoms with Crippen LogP contribution in [0.1, 0.15) is 42.5 Å². The van der Waals surface area contributed by atoms with E-state index in [1.54, 1.807) is 24.3 Å². The maximum atomic E-state index is 12.8. The number of furan rings is 1. The second-order valence-electron chi connectivity index (χ2n) is 7.74. The molecule has 0 unspecified atom stereocenters. The highest BCUT2D eigenvalue weighted by molar-refractivity contribution is 6.22. The molecule has 34 heavy (non-hydrogen) atoms. The molecule has 1 aliphatic heterocycles. The van der Waals surface area contributed by atoms with Crippen molar-refractivity contribution >= 4 is 34.9 Å². The van der Waals surface area contributed by atoms with Gasteiger partial charge in [0, 0.05) is 28.7 Å². The molecule has 2 aromatic carbocycles. The topological polar surface area (TPSA) is 117 Å². The third kappa shape index (κ3) is 4.14. The lowest BCUT2D eigenvalue weighted by atomic mass is 10.1. The van der Waals surface area contributed by atoms with Crippen LogP contribution in [0, 0.1) is 6.92 Å². The number of hydrogen-bond acceptors (Lipinski definition) is 7. The molecule has 168 valence electrons. The van der Waals surface area contributed by atoms with Crippen molar-refractivity contribution in [2.75, 3.05) is 10.6 Å². The van der Waals surface area contributed by atoms with Crippen molar-refractivity contribution in [3.63, 3.8) is 0 Å². The second kappa shape index (κ2) is 8.62. The summed E-state index contributed by atoms with van der Waals surface area (Å²) in [6.45, 7) is 1.92. The van der Waals surface area contributed by atoms with E-state index >= 15 is 0 Å². The highest BCUT2D eigenvalue weighted by atomic mass is 16.3. The molecule has 0 spiro atoms. The molecule has 4 aromatic rings. The maximum absolute atomic E-state index is 12.8. The van der Waals surface area contributed by atoms with Crippen LogP contribution >= 0.6 is 0 Å². The third-order valence-electron chi connectivity index (χ3n) is 5.35. The molecule has 3 amide bonds. The number of carbonyl (C=O) groups excluding carboxylic acids is 3. The number of carbonyl (C=O) groups is 3. The molecule has 9 heteroatoms. The Morgan fingerprint density at radius 1 is 0.941 bits per heavy atom. The summed E-state index contributed by atoms with van der Waals surface area (Å²) in [6.07, 6.45) is 2.97. The number of amides is 3. The zero-order chi connectivity index (χ0) is 23.7. The van der Waals surface area contributed by atoms with Gasteiger partial charge in [0.2, 0.25) is 0 Å². The lowest BCUT2D eigenvalue weighted by Crippen LogP contribution is -2.28. The van der Waals surface area contributed by atoms with Gasteiger partial charge in [0.05, 0.1) is 23.9 Å². The number of hydrogen-bond donors (Lipinski definition) is 2. The number of nitrogens with one attached hydrogen (secondary N) is 2. The monoisotopic (exact) mass is 453 g/mol. The maximum Gasteiger partial charge on any atom is 0.261 e. The van der Waals surface area contributed by atoms with Crippen molar-refractivity contribution in [2.45, 2.75) is 13.5 Å². The van der Waals surface area contributed by atoms with Gasteiger partial charge in [-0.1, -0.05) is 0 Å². The Morgan fingerprint density at radius 3 is 2.44 bits per heavy atom. The van der Waals surface area contributed by atoms with Crippen molar-refractivity contribution in [1.82, 2.24) is 14.9 Å². The summed E-state index contributed by atoms with van der Waals surface area (Å²) in [6, 6.07) is 16.8. The third-order valence-corrected chi connectivity index (χ3v) is 5.35. The van der Waals surface area contributed by atoms with Gasteiger partial charge in [-0.3, -0.25) is 19.3 Å². The van der Waals surface area contributed by atoms with Crippen LogP contribution in [0.25, 0.3) is 0 Å². The van der Waals surface area contributed by atoms with E-state index in [9.17, 15) is 14.4 Å². The summed E-state index contributed by atoms with van der Waals surface area (Å²) >= 11 is 0. The number of nitrogens with zero attached hydrogens (tertiary/aromatic N) is 3. The SMILES string of the molecule is Cc1cc(Nc2ccc(NC(=O)c3ccc4c(c3)C(=O)N(Cc3ccco3)C4=O)cc2)ncn1. The first-order valence-corrected chi connectivity index (χ1v) is 10.5. The van der Waals surface area contributed by atoms with Gasteiger partial charge in [0.1, 0.15) is 17.9 Å². The van der Waals surface area contributed by atoms with Crippen molar-refractivity contribution in [1.29, 1.82) is 0 Å². The average Bonchev–Trinajstić information content (AvgIpc) is 3.43. The van der Waals surface area contributed by atoms with Gasteiger partial charge in [0.15, 0.2) is 0 Å². The fourth-order valence-corrected chi connectivity index (χ4v) is 3.64. The molecule has 3 heterocycles. The van der Waals surface area contributed by atoms with Gasteiger partial charge in [-0.15, -0.1) is 0 Å². The zero-order valence-electron chi connectivity index (χ0n) is 18.1. The van der Waals surface area contributed by atoms with Crippen molar-refractivity contribution < 1.29 is 18.8 Å². The number of rotatable bonds is 6. The summed E-state index contributed by atoms with van der Waals surface area (Å²) in [7, 11) is 0. The molecule has 5 rings (SSSR count). The lowest BCUT2D eigenvalue weighted by molar-refractivity contribution is 0.0631. The summed E-state index contributed by atoms with van der Waals surface area (Å²) < 4.78 is 5.25. The minimum Gasteiger partial charge on any atom is -0.467 e. The summed E-state index contributed by atoms with van der Waals surface area (Å²) in [4.78, 5) is 47.5. The fourth-order valence-electron chi connectivity index (χ4n) is 3.64. The van der Waals surface area contributed by atoms with Gasteiger partial charge >= 0.3 is 0 Å². The number of benzene rings is 2. The quantitative estimate of drug-likeness (QED) is 0.421. The smallest absolute Gasteiger partial charge is 0.261 e. The fraction of sp³-hybridized carbons (Fsp3) is 0.0800. The van der Waals surface area contributed by atoms with Crippen LogP contribution in [0.4, 0.5) is 17.2 Å². The van der Waals surface area contributed by atoms with Gasteiger partial charge in [-0.2, -0.15) is 0 Å². The summed E-state index contributed by atoms with van der Waals surface area (Å²) in [5.41, 5.74) is 2.97. The normalized spacial score (nSPS) is 12.6.